The van der Waals surface area contributed by atoms with Gasteiger partial charge in [0.2, 0.25) is 0 Å². The largest absolute Gasteiger partial charge is 0.193 e. The van der Waals surface area contributed by atoms with Crippen molar-refractivity contribution in [3.05, 3.63) is 23.3 Å². The maximum absolute atomic E-state index is 8.01. The van der Waals surface area contributed by atoms with Crippen LogP contribution in [0.2, 0.25) is 0 Å². The van der Waals surface area contributed by atoms with Crippen LogP contribution in [0.25, 0.3) is 0 Å². The lowest BCUT2D eigenvalue weighted by atomic mass is 10.4. The lowest BCUT2D eigenvalue weighted by Crippen LogP contribution is -1.58. The molecule has 2 nitrogen and oxygen atoms in total. The Balaban J connectivity index is 3.98. The van der Waals surface area contributed by atoms with Gasteiger partial charge in [0.15, 0.2) is 0 Å². The average Bonchev–Trinajstić information content (AvgIpc) is 1.85. The predicted molar refractivity (Wildman–Crippen MR) is 34.3 cm³/mol. The Labute approximate surface area is 58.3 Å². The van der Waals surface area contributed by atoms with Crippen LogP contribution in [0.3, 0.4) is 0 Å². The van der Waals surface area contributed by atoms with E-state index in [0.29, 0.717) is 0 Å². The van der Waals surface area contributed by atoms with Crippen LogP contribution in [0.5, 0.6) is 0 Å². The number of halogens is 1. The third kappa shape index (κ3) is 4.61. The van der Waals surface area contributed by atoms with Crippen molar-refractivity contribution in [2.75, 3.05) is 0 Å². The lowest BCUT2D eigenvalue weighted by Gasteiger charge is -1.75. The van der Waals surface area contributed by atoms with Gasteiger partial charge in [0, 0.05) is 12.2 Å². The molecule has 0 spiro atoms. The molecule has 0 atom stereocenters. The molecule has 0 rings (SSSR count). The fourth-order valence-electron chi connectivity index (χ4n) is 0.227. The van der Waals surface area contributed by atoms with Crippen LogP contribution in [0, 0.1) is 22.7 Å². The molecule has 0 radical (unpaired) electrons. The fourth-order valence-corrected chi connectivity index (χ4v) is 0.338. The van der Waals surface area contributed by atoms with Crippen molar-refractivity contribution in [3.8, 4) is 12.1 Å². The predicted octanol–water partition coefficient (Wildman–Crippen LogP) is 1.71. The molecule has 9 heavy (non-hydrogen) atoms. The molecule has 44 valence electrons. The van der Waals surface area contributed by atoms with Gasteiger partial charge in [-0.1, -0.05) is 11.6 Å². The molecule has 0 aliphatic heterocycles. The van der Waals surface area contributed by atoms with Crippen LogP contribution in [-0.2, 0) is 0 Å². The molecule has 0 aromatic carbocycles. The third-order valence-corrected chi connectivity index (χ3v) is 0.755. The Bertz CT molecular complexity index is 214. The third-order valence-electron chi connectivity index (χ3n) is 0.520. The van der Waals surface area contributed by atoms with Gasteiger partial charge in [-0.2, -0.15) is 10.5 Å². The van der Waals surface area contributed by atoms with Crippen LogP contribution in [0.15, 0.2) is 23.3 Å². The molecule has 3 heteroatoms. The first-order valence-electron chi connectivity index (χ1n) is 2.12. The van der Waals surface area contributed by atoms with Gasteiger partial charge >= 0.3 is 0 Å². The molecule has 0 aliphatic rings. The van der Waals surface area contributed by atoms with Crippen LogP contribution >= 0.6 is 11.6 Å². The summed E-state index contributed by atoms with van der Waals surface area (Å²) in [4.78, 5) is 0. The molecule has 0 aliphatic carbocycles. The van der Waals surface area contributed by atoms with E-state index in [9.17, 15) is 0 Å². The van der Waals surface area contributed by atoms with E-state index in [1.807, 2.05) is 0 Å². The van der Waals surface area contributed by atoms with E-state index < -0.39 is 0 Å². The number of hydrogen-bond donors (Lipinski definition) is 0. The van der Waals surface area contributed by atoms with Crippen LogP contribution in [-0.4, -0.2) is 0 Å². The summed E-state index contributed by atoms with van der Waals surface area (Å²) in [5.41, 5.74) is 0. The summed E-state index contributed by atoms with van der Waals surface area (Å²) in [5.74, 6) is 0. The molecule has 0 saturated carbocycles. The van der Waals surface area contributed by atoms with Gasteiger partial charge in [-0.3, -0.25) is 0 Å². The van der Waals surface area contributed by atoms with Crippen molar-refractivity contribution in [3.63, 3.8) is 0 Å². The molecule has 0 heterocycles. The number of nitrogens with zero attached hydrogens (tertiary/aromatic N) is 2. The quantitative estimate of drug-likeness (QED) is 0.409. The summed E-state index contributed by atoms with van der Waals surface area (Å²) >= 11 is 5.36. The van der Waals surface area contributed by atoms with Gasteiger partial charge in [0.1, 0.15) is 0 Å². The van der Waals surface area contributed by atoms with Crippen LogP contribution in [0.4, 0.5) is 0 Å². The van der Waals surface area contributed by atoms with Crippen molar-refractivity contribution >= 4 is 11.6 Å². The molecule has 0 unspecified atom stereocenters. The van der Waals surface area contributed by atoms with E-state index in [1.54, 1.807) is 12.1 Å². The van der Waals surface area contributed by atoms with E-state index in [0.717, 1.165) is 6.08 Å². The Morgan fingerprint density at radius 1 is 1.33 bits per heavy atom. The average molecular weight is 139 g/mol. The second-order valence-electron chi connectivity index (χ2n) is 1.12. The van der Waals surface area contributed by atoms with Crippen molar-refractivity contribution in [1.82, 2.24) is 0 Å². The number of rotatable bonds is 1. The summed E-state index contributed by atoms with van der Waals surface area (Å²) in [5, 5.41) is 16.2. The molecule has 0 aromatic rings. The Morgan fingerprint density at radius 3 is 2.44 bits per heavy atom. The molecular weight excluding hydrogens is 136 g/mol. The molecule has 0 fully saturated rings. The van der Waals surface area contributed by atoms with Gasteiger partial charge in [-0.15, -0.1) is 0 Å². The second kappa shape index (κ2) is 4.90. The molecular formula is C6H3ClN2. The highest BCUT2D eigenvalue weighted by Crippen LogP contribution is 2.00. The number of allylic oxidation sites excluding steroid dienone is 4. The summed E-state index contributed by atoms with van der Waals surface area (Å²) in [7, 11) is 0. The van der Waals surface area contributed by atoms with Gasteiger partial charge in [-0.25, -0.2) is 0 Å². The summed E-state index contributed by atoms with van der Waals surface area (Å²) in [6, 6.07) is 3.46. The Morgan fingerprint density at radius 2 is 2.00 bits per heavy atom. The summed E-state index contributed by atoms with van der Waals surface area (Å²) in [6.45, 7) is 0. The van der Waals surface area contributed by atoms with E-state index in [-0.39, 0.29) is 5.03 Å². The van der Waals surface area contributed by atoms with E-state index >= 15 is 0 Å². The van der Waals surface area contributed by atoms with E-state index in [2.05, 4.69) is 0 Å². The number of nitriles is 2. The van der Waals surface area contributed by atoms with Crippen molar-refractivity contribution < 1.29 is 0 Å². The topological polar surface area (TPSA) is 47.6 Å². The second-order valence-corrected chi connectivity index (χ2v) is 1.56. The first-order valence-corrected chi connectivity index (χ1v) is 2.50. The highest BCUT2D eigenvalue weighted by Gasteiger charge is 1.79. The van der Waals surface area contributed by atoms with E-state index in [1.165, 1.54) is 12.2 Å². The number of hydrogen-bond acceptors (Lipinski definition) is 2. The Hall–Kier alpha value is -1.25. The highest BCUT2D eigenvalue weighted by molar-refractivity contribution is 6.31. The van der Waals surface area contributed by atoms with Crippen LogP contribution < -0.4 is 0 Å². The first-order chi connectivity index (χ1) is 4.31. The summed E-state index contributed by atoms with van der Waals surface area (Å²) in [6.07, 6.45) is 3.70. The standard InChI is InChI=1S/C6H3ClN2/c7-6(3-5-9)2-1-4-8/h1-3H/b2-1-,6-3-. The highest BCUT2D eigenvalue weighted by atomic mass is 35.5. The van der Waals surface area contributed by atoms with Crippen LogP contribution in [0.1, 0.15) is 0 Å². The minimum atomic E-state index is 0.263. The lowest BCUT2D eigenvalue weighted by molar-refractivity contribution is 1.52. The molecule has 0 N–H and O–H groups in total. The minimum Gasteiger partial charge on any atom is -0.193 e. The molecule has 0 amide bonds. The zero-order valence-corrected chi connectivity index (χ0v) is 5.26. The monoisotopic (exact) mass is 138 g/mol. The minimum absolute atomic E-state index is 0.263. The Kier molecular flexibility index (Phi) is 4.22. The maximum Gasteiger partial charge on any atom is 0.0927 e. The zero-order chi connectivity index (χ0) is 7.11. The van der Waals surface area contributed by atoms with Gasteiger partial charge < -0.3 is 0 Å². The smallest absolute Gasteiger partial charge is 0.0927 e. The van der Waals surface area contributed by atoms with Gasteiger partial charge in [-0.05, 0) is 6.08 Å². The van der Waals surface area contributed by atoms with Crippen molar-refractivity contribution in [2.45, 2.75) is 0 Å². The summed E-state index contributed by atoms with van der Waals surface area (Å²) < 4.78 is 0. The van der Waals surface area contributed by atoms with Crippen molar-refractivity contribution in [2.24, 2.45) is 0 Å². The maximum atomic E-state index is 8.01. The van der Waals surface area contributed by atoms with E-state index in [4.69, 9.17) is 22.1 Å². The van der Waals surface area contributed by atoms with Gasteiger partial charge in [0.05, 0.1) is 17.2 Å². The van der Waals surface area contributed by atoms with Crippen molar-refractivity contribution in [1.29, 1.82) is 10.5 Å². The fraction of sp³-hybridized carbons (Fsp3) is 0. The van der Waals surface area contributed by atoms with Gasteiger partial charge in [0.25, 0.3) is 0 Å². The molecule has 0 saturated heterocycles. The SMILES string of the molecule is N#C/C=C\C(Cl)=C\C#N. The normalized spacial score (nSPS) is 10.8. The zero-order valence-electron chi connectivity index (χ0n) is 4.50. The molecule has 0 bridgehead atoms. The first kappa shape index (κ1) is 7.75. The molecule has 0 aromatic heterocycles.